The molecule has 0 radical (unpaired) electrons. The van der Waals surface area contributed by atoms with Crippen molar-refractivity contribution in [3.05, 3.63) is 60.2 Å². The molecule has 2 heterocycles. The van der Waals surface area contributed by atoms with E-state index in [2.05, 4.69) is 15.2 Å². The molecule has 27 heavy (non-hydrogen) atoms. The van der Waals surface area contributed by atoms with E-state index < -0.39 is 11.7 Å². The molecule has 8 heteroatoms. The summed E-state index contributed by atoms with van der Waals surface area (Å²) in [6, 6.07) is 9.27. The molecule has 2 amide bonds. The molecule has 1 aromatic carbocycles. The summed E-state index contributed by atoms with van der Waals surface area (Å²) in [5.74, 6) is -2.09. The van der Waals surface area contributed by atoms with Crippen LogP contribution < -0.4 is 10.2 Å². The Morgan fingerprint density at radius 1 is 1.04 bits per heavy atom. The van der Waals surface area contributed by atoms with Gasteiger partial charge >= 0.3 is 0 Å². The molecule has 1 aliphatic rings. The number of aromatic nitrogens is 1. The summed E-state index contributed by atoms with van der Waals surface area (Å²) in [4.78, 5) is 43.6. The van der Waals surface area contributed by atoms with E-state index in [4.69, 9.17) is 0 Å². The number of carbonyl (C=O) groups excluding carboxylic acids is 3. The minimum atomic E-state index is -0.832. The van der Waals surface area contributed by atoms with Gasteiger partial charge in [0.2, 0.25) is 5.91 Å². The summed E-state index contributed by atoms with van der Waals surface area (Å²) < 4.78 is 13.0. The van der Waals surface area contributed by atoms with Crippen LogP contribution in [0.2, 0.25) is 0 Å². The quantitative estimate of drug-likeness (QED) is 0.624. The highest BCUT2D eigenvalue weighted by molar-refractivity contribution is 6.42. The Morgan fingerprint density at radius 3 is 2.37 bits per heavy atom. The number of hydrogen-bond acceptors (Lipinski definition) is 5. The van der Waals surface area contributed by atoms with Gasteiger partial charge in [-0.2, -0.15) is 0 Å². The van der Waals surface area contributed by atoms with Crippen LogP contribution in [0.5, 0.6) is 0 Å². The average Bonchev–Trinajstić information content (AvgIpc) is 2.72. The predicted molar refractivity (Wildman–Crippen MR) is 96.8 cm³/mol. The van der Waals surface area contributed by atoms with Crippen molar-refractivity contribution in [2.75, 3.05) is 37.6 Å². The van der Waals surface area contributed by atoms with Gasteiger partial charge in [-0.1, -0.05) is 0 Å². The average molecular weight is 370 g/mol. The fourth-order valence-corrected chi connectivity index (χ4v) is 2.84. The van der Waals surface area contributed by atoms with Crippen molar-refractivity contribution < 1.29 is 18.8 Å². The Balaban J connectivity index is 1.46. The molecule has 0 saturated carbocycles. The molecule has 140 valence electrons. The molecule has 3 rings (SSSR count). The van der Waals surface area contributed by atoms with Gasteiger partial charge in [0.1, 0.15) is 5.82 Å². The van der Waals surface area contributed by atoms with Crippen LogP contribution in [-0.4, -0.2) is 60.2 Å². The number of hydrogen-bond donors (Lipinski definition) is 1. The first-order valence-corrected chi connectivity index (χ1v) is 8.55. The van der Waals surface area contributed by atoms with Crippen molar-refractivity contribution in [3.63, 3.8) is 0 Å². The molecule has 1 fully saturated rings. The molecular formula is C19H19FN4O3. The van der Waals surface area contributed by atoms with Crippen LogP contribution in [0.15, 0.2) is 48.8 Å². The molecule has 1 aromatic heterocycles. The number of anilines is 1. The van der Waals surface area contributed by atoms with Gasteiger partial charge in [-0.3, -0.25) is 19.4 Å². The lowest BCUT2D eigenvalue weighted by molar-refractivity contribution is -0.132. The highest BCUT2D eigenvalue weighted by atomic mass is 19.1. The predicted octanol–water partition coefficient (Wildman–Crippen LogP) is 0.868. The van der Waals surface area contributed by atoms with Crippen molar-refractivity contribution in [2.45, 2.75) is 0 Å². The Bertz CT molecular complexity index is 819. The second-order valence-corrected chi connectivity index (χ2v) is 6.10. The molecule has 1 saturated heterocycles. The zero-order valence-corrected chi connectivity index (χ0v) is 14.6. The van der Waals surface area contributed by atoms with Gasteiger partial charge in [0.05, 0.1) is 6.54 Å². The summed E-state index contributed by atoms with van der Waals surface area (Å²) in [6.45, 7) is 1.96. The molecule has 0 atom stereocenters. The minimum absolute atomic E-state index is 0.176. The third-order valence-corrected chi connectivity index (χ3v) is 4.35. The smallest absolute Gasteiger partial charge is 0.292 e. The Labute approximate surface area is 155 Å². The number of amides is 2. The van der Waals surface area contributed by atoms with Gasteiger partial charge < -0.3 is 15.1 Å². The molecule has 1 N–H and O–H groups in total. The van der Waals surface area contributed by atoms with Crippen molar-refractivity contribution in [3.8, 4) is 0 Å². The summed E-state index contributed by atoms with van der Waals surface area (Å²) >= 11 is 0. The first-order chi connectivity index (χ1) is 13.0. The molecule has 7 nitrogen and oxygen atoms in total. The molecular weight excluding hydrogens is 351 g/mol. The van der Waals surface area contributed by atoms with Crippen LogP contribution in [-0.2, 0) is 9.59 Å². The van der Waals surface area contributed by atoms with Crippen LogP contribution in [0.1, 0.15) is 10.4 Å². The third kappa shape index (κ3) is 4.66. The first kappa shape index (κ1) is 18.5. The largest absolute Gasteiger partial charge is 0.368 e. The van der Waals surface area contributed by atoms with Crippen molar-refractivity contribution in [2.24, 2.45) is 0 Å². The molecule has 0 aliphatic carbocycles. The van der Waals surface area contributed by atoms with Gasteiger partial charge in [0.25, 0.3) is 11.7 Å². The number of nitrogens with one attached hydrogen (secondary N) is 1. The number of ketones is 1. The number of piperazine rings is 1. The normalized spacial score (nSPS) is 14.0. The maximum Gasteiger partial charge on any atom is 0.292 e. The van der Waals surface area contributed by atoms with Crippen molar-refractivity contribution in [1.82, 2.24) is 15.2 Å². The maximum atomic E-state index is 13.0. The standard InChI is InChI=1S/C19H19FN4O3/c20-15-3-5-16(6-4-15)23-8-10-24(11-9-23)17(25)13-22-19(27)18(26)14-2-1-7-21-12-14/h1-7,12H,8-11,13H2,(H,22,27). The van der Waals surface area contributed by atoms with Crippen molar-refractivity contribution >= 4 is 23.3 Å². The summed E-state index contributed by atoms with van der Waals surface area (Å²) in [5, 5.41) is 2.36. The molecule has 1 aliphatic heterocycles. The number of nitrogens with zero attached hydrogens (tertiary/aromatic N) is 3. The van der Waals surface area contributed by atoms with Gasteiger partial charge in [-0.25, -0.2) is 4.39 Å². The number of carbonyl (C=O) groups is 3. The number of halogens is 1. The summed E-state index contributed by atoms with van der Waals surface area (Å²) in [5.41, 5.74) is 1.08. The zero-order chi connectivity index (χ0) is 19.2. The highest BCUT2D eigenvalue weighted by Gasteiger charge is 2.23. The lowest BCUT2D eigenvalue weighted by atomic mass is 10.2. The zero-order valence-electron chi connectivity index (χ0n) is 14.6. The monoisotopic (exact) mass is 370 g/mol. The fourth-order valence-electron chi connectivity index (χ4n) is 2.84. The summed E-state index contributed by atoms with van der Waals surface area (Å²) in [7, 11) is 0. The Morgan fingerprint density at radius 2 is 1.74 bits per heavy atom. The van der Waals surface area contributed by atoms with E-state index in [1.165, 1.54) is 30.6 Å². The number of benzene rings is 1. The van der Waals surface area contributed by atoms with Crippen LogP contribution in [0, 0.1) is 5.82 Å². The number of Topliss-reactive ketones (excluding diaryl/α,β-unsaturated/α-hetero) is 1. The summed E-state index contributed by atoms with van der Waals surface area (Å²) in [6.07, 6.45) is 2.81. The topological polar surface area (TPSA) is 82.6 Å². The van der Waals surface area contributed by atoms with E-state index in [9.17, 15) is 18.8 Å². The second kappa shape index (κ2) is 8.39. The fraction of sp³-hybridized carbons (Fsp3) is 0.263. The van der Waals surface area contributed by atoms with E-state index in [1.807, 2.05) is 0 Å². The number of rotatable bonds is 5. The van der Waals surface area contributed by atoms with Gasteiger partial charge in [0.15, 0.2) is 0 Å². The van der Waals surface area contributed by atoms with Gasteiger partial charge in [-0.05, 0) is 36.4 Å². The first-order valence-electron chi connectivity index (χ1n) is 8.55. The van der Waals surface area contributed by atoms with Crippen LogP contribution in [0.3, 0.4) is 0 Å². The lowest BCUT2D eigenvalue weighted by Gasteiger charge is -2.36. The maximum absolute atomic E-state index is 13.0. The minimum Gasteiger partial charge on any atom is -0.368 e. The van der Waals surface area contributed by atoms with Gasteiger partial charge in [0, 0.05) is 49.8 Å². The van der Waals surface area contributed by atoms with Gasteiger partial charge in [-0.15, -0.1) is 0 Å². The lowest BCUT2D eigenvalue weighted by Crippen LogP contribution is -2.51. The van der Waals surface area contributed by atoms with Crippen LogP contribution in [0.25, 0.3) is 0 Å². The van der Waals surface area contributed by atoms with E-state index in [0.29, 0.717) is 26.2 Å². The highest BCUT2D eigenvalue weighted by Crippen LogP contribution is 2.16. The number of pyridine rings is 1. The van der Waals surface area contributed by atoms with Crippen LogP contribution in [0.4, 0.5) is 10.1 Å². The van der Waals surface area contributed by atoms with Crippen molar-refractivity contribution in [1.29, 1.82) is 0 Å². The molecule has 0 bridgehead atoms. The molecule has 2 aromatic rings. The van der Waals surface area contributed by atoms with E-state index in [1.54, 1.807) is 23.1 Å². The molecule has 0 unspecified atom stereocenters. The Kier molecular flexibility index (Phi) is 5.75. The third-order valence-electron chi connectivity index (χ3n) is 4.35. The Hall–Kier alpha value is -3.29. The SMILES string of the molecule is O=C(NCC(=O)N1CCN(c2ccc(F)cc2)CC1)C(=O)c1cccnc1. The van der Waals surface area contributed by atoms with E-state index in [0.717, 1.165) is 5.69 Å². The second-order valence-electron chi connectivity index (χ2n) is 6.10. The van der Waals surface area contributed by atoms with E-state index in [-0.39, 0.29) is 23.8 Å². The van der Waals surface area contributed by atoms with E-state index >= 15 is 0 Å². The molecule has 0 spiro atoms. The van der Waals surface area contributed by atoms with Crippen LogP contribution >= 0.6 is 0 Å².